The number of hydrogen-bond donors (Lipinski definition) is 2. The van der Waals surface area contributed by atoms with Crippen LogP contribution >= 0.6 is 0 Å². The Kier molecular flexibility index (Phi) is 26.0. The third-order valence-electron chi connectivity index (χ3n) is 8.70. The maximum atomic E-state index is 12.5. The quantitative estimate of drug-likeness (QED) is 0.0577. The van der Waals surface area contributed by atoms with Gasteiger partial charge in [0.05, 0.1) is 12.5 Å². The van der Waals surface area contributed by atoms with Crippen molar-refractivity contribution in [2.45, 2.75) is 206 Å². The van der Waals surface area contributed by atoms with Crippen LogP contribution in [0.25, 0.3) is 0 Å². The van der Waals surface area contributed by atoms with Gasteiger partial charge in [-0.1, -0.05) is 136 Å². The summed E-state index contributed by atoms with van der Waals surface area (Å²) in [5.41, 5.74) is 0. The zero-order valence-corrected chi connectivity index (χ0v) is 28.7. The molecule has 0 radical (unpaired) electrons. The van der Waals surface area contributed by atoms with Crippen molar-refractivity contribution in [1.29, 1.82) is 0 Å². The highest BCUT2D eigenvalue weighted by molar-refractivity contribution is 6.02. The Morgan fingerprint density at radius 1 is 0.636 bits per heavy atom. The Bertz CT molecular complexity index is 756. The van der Waals surface area contributed by atoms with Gasteiger partial charge in [-0.2, -0.15) is 0 Å². The minimum absolute atomic E-state index is 0.0670. The molecule has 2 unspecified atom stereocenters. The molecule has 0 aromatic heterocycles. The Labute approximate surface area is 270 Å². The van der Waals surface area contributed by atoms with Gasteiger partial charge in [0.25, 0.3) is 0 Å². The molecule has 2 amide bonds. The molecule has 7 heteroatoms. The number of carbonyl (C=O) groups excluding carboxylic acids is 4. The molecule has 0 spiro atoms. The first kappa shape index (κ1) is 40.1. The van der Waals surface area contributed by atoms with E-state index in [4.69, 9.17) is 4.74 Å². The molecule has 256 valence electrons. The second kappa shape index (κ2) is 28.5. The molecule has 0 heterocycles. The number of rotatable bonds is 32. The van der Waals surface area contributed by atoms with E-state index in [-0.39, 0.29) is 36.0 Å². The van der Waals surface area contributed by atoms with Crippen LogP contribution in [0, 0.1) is 0 Å². The second-order valence-electron chi connectivity index (χ2n) is 13.2. The van der Waals surface area contributed by atoms with E-state index in [1.54, 1.807) is 0 Å². The fourth-order valence-electron chi connectivity index (χ4n) is 5.70. The Hall–Kier alpha value is -1.92. The zero-order chi connectivity index (χ0) is 32.1. The summed E-state index contributed by atoms with van der Waals surface area (Å²) in [5.74, 6) is -0.277. The lowest BCUT2D eigenvalue weighted by Gasteiger charge is -2.18. The topological polar surface area (TPSA) is 102 Å². The summed E-state index contributed by atoms with van der Waals surface area (Å²) in [6.07, 6.45) is 29.1. The average molecular weight is 621 g/mol. The van der Waals surface area contributed by atoms with Crippen molar-refractivity contribution in [3.05, 3.63) is 0 Å². The summed E-state index contributed by atoms with van der Waals surface area (Å²) in [4.78, 5) is 48.3. The maximum absolute atomic E-state index is 12.5. The molecule has 2 N–H and O–H groups in total. The number of hydrogen-bond acceptors (Lipinski definition) is 5. The molecule has 0 aliphatic heterocycles. The lowest BCUT2D eigenvalue weighted by molar-refractivity contribution is -0.151. The van der Waals surface area contributed by atoms with Crippen molar-refractivity contribution in [2.75, 3.05) is 6.54 Å². The van der Waals surface area contributed by atoms with Gasteiger partial charge in [0, 0.05) is 25.8 Å². The van der Waals surface area contributed by atoms with Gasteiger partial charge in [-0.15, -0.1) is 0 Å². The molecule has 1 fully saturated rings. The van der Waals surface area contributed by atoms with Crippen LogP contribution in [0.1, 0.15) is 194 Å². The smallest absolute Gasteiger partial charge is 0.306 e. The van der Waals surface area contributed by atoms with E-state index in [1.807, 2.05) is 0 Å². The van der Waals surface area contributed by atoms with E-state index < -0.39 is 6.10 Å². The number of esters is 1. The van der Waals surface area contributed by atoms with Crippen molar-refractivity contribution in [3.63, 3.8) is 0 Å². The molecule has 0 bridgehead atoms. The molecule has 1 saturated carbocycles. The van der Waals surface area contributed by atoms with Crippen LogP contribution in [-0.2, 0) is 23.9 Å². The molecule has 2 atom stereocenters. The van der Waals surface area contributed by atoms with E-state index in [0.717, 1.165) is 38.5 Å². The van der Waals surface area contributed by atoms with E-state index in [0.29, 0.717) is 38.6 Å². The molecule has 7 nitrogen and oxygen atoms in total. The molecule has 1 aliphatic rings. The number of ether oxygens (including phenoxy) is 1. The summed E-state index contributed by atoms with van der Waals surface area (Å²) in [6, 6.07) is -0.341. The van der Waals surface area contributed by atoms with E-state index >= 15 is 0 Å². The first-order valence-electron chi connectivity index (χ1n) is 18.7. The largest absolute Gasteiger partial charge is 0.462 e. The SMILES string of the molecule is CCCCCCCCCCCCCCCC(CC(=O)NC1CC1=O)OC(=O)CCCCCNC(=O)CCCCCCCCC. The predicted octanol–water partition coefficient (Wildman–Crippen LogP) is 9.04. The van der Waals surface area contributed by atoms with Gasteiger partial charge < -0.3 is 15.4 Å². The van der Waals surface area contributed by atoms with Crippen LogP contribution in [0.15, 0.2) is 0 Å². The second-order valence-corrected chi connectivity index (χ2v) is 13.2. The summed E-state index contributed by atoms with van der Waals surface area (Å²) in [7, 11) is 0. The van der Waals surface area contributed by atoms with Gasteiger partial charge in [0.2, 0.25) is 11.8 Å². The van der Waals surface area contributed by atoms with Gasteiger partial charge in [0.1, 0.15) is 6.10 Å². The van der Waals surface area contributed by atoms with Crippen LogP contribution in [0.5, 0.6) is 0 Å². The maximum Gasteiger partial charge on any atom is 0.306 e. The number of unbranched alkanes of at least 4 members (excludes halogenated alkanes) is 20. The van der Waals surface area contributed by atoms with Crippen molar-refractivity contribution in [3.8, 4) is 0 Å². The van der Waals surface area contributed by atoms with Crippen molar-refractivity contribution in [2.24, 2.45) is 0 Å². The van der Waals surface area contributed by atoms with Crippen LogP contribution in [0.3, 0.4) is 0 Å². The molecule has 44 heavy (non-hydrogen) atoms. The van der Waals surface area contributed by atoms with Crippen molar-refractivity contribution < 1.29 is 23.9 Å². The Balaban J connectivity index is 2.14. The van der Waals surface area contributed by atoms with E-state index in [1.165, 1.54) is 103 Å². The number of ketones is 1. The summed E-state index contributed by atoms with van der Waals surface area (Å²) < 4.78 is 5.73. The molecule has 1 rings (SSSR count). The van der Waals surface area contributed by atoms with Gasteiger partial charge in [-0.25, -0.2) is 0 Å². The normalized spacial score (nSPS) is 14.8. The standard InChI is InChI=1S/C37H68N2O5/c1-3-5-7-9-11-12-13-14-15-16-18-19-22-26-32(30-36(42)39-33-31-34(33)40)44-37(43)28-24-21-25-29-38-35(41)27-23-20-17-10-8-6-4-2/h32-33H,3-31H2,1-2H3,(H,38,41)(H,39,42). The lowest BCUT2D eigenvalue weighted by atomic mass is 10.0. The fourth-order valence-corrected chi connectivity index (χ4v) is 5.70. The highest BCUT2D eigenvalue weighted by atomic mass is 16.5. The summed E-state index contributed by atoms with van der Waals surface area (Å²) in [6.45, 7) is 5.12. The minimum Gasteiger partial charge on any atom is -0.462 e. The number of nitrogens with one attached hydrogen (secondary N) is 2. The van der Waals surface area contributed by atoms with Gasteiger partial charge >= 0.3 is 5.97 Å². The average Bonchev–Trinajstić information content (AvgIpc) is 3.69. The lowest BCUT2D eigenvalue weighted by Crippen LogP contribution is -2.32. The predicted molar refractivity (Wildman–Crippen MR) is 180 cm³/mol. The van der Waals surface area contributed by atoms with Gasteiger partial charge in [-0.3, -0.25) is 19.2 Å². The molecule has 0 aromatic carbocycles. The van der Waals surface area contributed by atoms with Gasteiger partial charge in [-0.05, 0) is 32.1 Å². The molecular formula is C37H68N2O5. The van der Waals surface area contributed by atoms with Crippen molar-refractivity contribution >= 4 is 23.6 Å². The molecule has 0 saturated heterocycles. The zero-order valence-electron chi connectivity index (χ0n) is 28.7. The monoisotopic (exact) mass is 621 g/mol. The highest BCUT2D eigenvalue weighted by Gasteiger charge is 2.36. The van der Waals surface area contributed by atoms with Crippen LogP contribution < -0.4 is 10.6 Å². The van der Waals surface area contributed by atoms with E-state index in [2.05, 4.69) is 24.5 Å². The molecule has 1 aliphatic carbocycles. The minimum atomic E-state index is -0.435. The first-order valence-corrected chi connectivity index (χ1v) is 18.7. The van der Waals surface area contributed by atoms with Crippen LogP contribution in [0.4, 0.5) is 0 Å². The fraction of sp³-hybridized carbons (Fsp3) is 0.892. The summed E-state index contributed by atoms with van der Waals surface area (Å²) >= 11 is 0. The third-order valence-corrected chi connectivity index (χ3v) is 8.70. The molecule has 0 aromatic rings. The summed E-state index contributed by atoms with van der Waals surface area (Å²) in [5, 5.41) is 5.74. The van der Waals surface area contributed by atoms with Crippen LogP contribution in [0.2, 0.25) is 0 Å². The van der Waals surface area contributed by atoms with E-state index in [9.17, 15) is 19.2 Å². The highest BCUT2D eigenvalue weighted by Crippen LogP contribution is 2.18. The first-order chi connectivity index (χ1) is 21.5. The Morgan fingerprint density at radius 3 is 1.61 bits per heavy atom. The third kappa shape index (κ3) is 25.4. The van der Waals surface area contributed by atoms with Crippen molar-refractivity contribution in [1.82, 2.24) is 10.6 Å². The molecular weight excluding hydrogens is 552 g/mol. The number of amides is 2. The van der Waals surface area contributed by atoms with Gasteiger partial charge in [0.15, 0.2) is 5.78 Å². The van der Waals surface area contributed by atoms with Crippen LogP contribution in [-0.4, -0.2) is 42.3 Å². The number of Topliss-reactive ketones (excluding diaryl/α,β-unsaturated/α-hetero) is 1. The Morgan fingerprint density at radius 2 is 1.09 bits per heavy atom. The number of carbonyl (C=O) groups is 4.